The van der Waals surface area contributed by atoms with Crippen molar-refractivity contribution in [2.45, 2.75) is 6.04 Å². The molecular formula is C11H20BrN7. The quantitative estimate of drug-likeness (QED) is 0.537. The normalized spacial score (nSPS) is 21.4. The number of nitrogen functional groups attached to an aromatic ring is 1. The molecule has 0 spiro atoms. The van der Waals surface area contributed by atoms with Gasteiger partial charge in [0.15, 0.2) is 0 Å². The van der Waals surface area contributed by atoms with Gasteiger partial charge in [-0.05, 0) is 30.0 Å². The number of nitrogens with one attached hydrogen (secondary N) is 2. The third-order valence-electron chi connectivity index (χ3n) is 3.36. The SMILES string of the molecule is CN1CCN(C)C(CNc2nc(NN)ncc2Br)C1. The molecule has 0 aromatic carbocycles. The molecule has 1 aliphatic rings. The van der Waals surface area contributed by atoms with Gasteiger partial charge in [-0.25, -0.2) is 10.8 Å². The number of nitrogens with two attached hydrogens (primary N) is 1. The summed E-state index contributed by atoms with van der Waals surface area (Å²) in [4.78, 5) is 13.0. The van der Waals surface area contributed by atoms with Gasteiger partial charge in [0.25, 0.3) is 0 Å². The van der Waals surface area contributed by atoms with Gasteiger partial charge in [0.05, 0.1) is 4.47 Å². The first kappa shape index (κ1) is 14.4. The number of likely N-dealkylation sites (N-methyl/N-ethyl adjacent to an activating group) is 2. The van der Waals surface area contributed by atoms with Crippen LogP contribution in [0.4, 0.5) is 11.8 Å². The highest BCUT2D eigenvalue weighted by atomic mass is 79.9. The first-order chi connectivity index (χ1) is 9.10. The van der Waals surface area contributed by atoms with E-state index in [0.29, 0.717) is 12.0 Å². The zero-order chi connectivity index (χ0) is 13.8. The summed E-state index contributed by atoms with van der Waals surface area (Å²) in [6, 6.07) is 0.468. The lowest BCUT2D eigenvalue weighted by Gasteiger charge is -2.37. The van der Waals surface area contributed by atoms with Crippen LogP contribution in [-0.4, -0.2) is 66.1 Å². The molecule has 19 heavy (non-hydrogen) atoms. The molecule has 0 radical (unpaired) electrons. The number of hydrazine groups is 1. The summed E-state index contributed by atoms with van der Waals surface area (Å²) in [7, 11) is 4.30. The maximum absolute atomic E-state index is 5.32. The van der Waals surface area contributed by atoms with Crippen molar-refractivity contribution < 1.29 is 0 Å². The molecule has 1 aliphatic heterocycles. The number of nitrogens with zero attached hydrogens (tertiary/aromatic N) is 4. The van der Waals surface area contributed by atoms with E-state index in [9.17, 15) is 0 Å². The standard InChI is InChI=1S/C11H20BrN7/c1-18-3-4-19(2)8(7-18)5-14-10-9(12)6-15-11(16-10)17-13/h6,8H,3-5,7,13H2,1-2H3,(H2,14,15,16,17). The number of rotatable bonds is 4. The van der Waals surface area contributed by atoms with Crippen LogP contribution in [0.5, 0.6) is 0 Å². The van der Waals surface area contributed by atoms with Gasteiger partial charge in [-0.15, -0.1) is 0 Å². The summed E-state index contributed by atoms with van der Waals surface area (Å²) in [5.74, 6) is 6.47. The Morgan fingerprint density at radius 3 is 3.00 bits per heavy atom. The van der Waals surface area contributed by atoms with Crippen molar-refractivity contribution in [1.29, 1.82) is 0 Å². The highest BCUT2D eigenvalue weighted by Crippen LogP contribution is 2.20. The van der Waals surface area contributed by atoms with Gasteiger partial charge in [0.1, 0.15) is 5.82 Å². The Morgan fingerprint density at radius 1 is 1.47 bits per heavy atom. The minimum Gasteiger partial charge on any atom is -0.367 e. The van der Waals surface area contributed by atoms with E-state index < -0.39 is 0 Å². The van der Waals surface area contributed by atoms with Gasteiger partial charge in [0, 0.05) is 38.4 Å². The van der Waals surface area contributed by atoms with Crippen molar-refractivity contribution in [3.8, 4) is 0 Å². The Balaban J connectivity index is 1.97. The van der Waals surface area contributed by atoms with Crippen LogP contribution in [0.1, 0.15) is 0 Å². The largest absolute Gasteiger partial charge is 0.367 e. The highest BCUT2D eigenvalue weighted by molar-refractivity contribution is 9.10. The molecule has 106 valence electrons. The van der Waals surface area contributed by atoms with Crippen molar-refractivity contribution >= 4 is 27.7 Å². The molecule has 8 heteroatoms. The molecule has 0 bridgehead atoms. The van der Waals surface area contributed by atoms with Gasteiger partial charge >= 0.3 is 0 Å². The topological polar surface area (TPSA) is 82.3 Å². The van der Waals surface area contributed by atoms with Crippen LogP contribution in [0.2, 0.25) is 0 Å². The van der Waals surface area contributed by atoms with Crippen LogP contribution in [0.25, 0.3) is 0 Å². The molecule has 0 saturated carbocycles. The lowest BCUT2D eigenvalue weighted by Crippen LogP contribution is -2.52. The molecule has 1 aromatic heterocycles. The molecule has 2 rings (SSSR count). The average molecular weight is 330 g/mol. The molecule has 2 heterocycles. The van der Waals surface area contributed by atoms with Gasteiger partial charge in [-0.2, -0.15) is 4.98 Å². The Morgan fingerprint density at radius 2 is 2.26 bits per heavy atom. The summed E-state index contributed by atoms with van der Waals surface area (Å²) >= 11 is 3.43. The van der Waals surface area contributed by atoms with Crippen molar-refractivity contribution in [2.75, 3.05) is 51.0 Å². The number of aromatic nitrogens is 2. The second-order valence-electron chi connectivity index (χ2n) is 4.81. The first-order valence-electron chi connectivity index (χ1n) is 6.22. The van der Waals surface area contributed by atoms with E-state index >= 15 is 0 Å². The van der Waals surface area contributed by atoms with Crippen molar-refractivity contribution in [3.05, 3.63) is 10.7 Å². The predicted octanol–water partition coefficient (Wildman–Crippen LogP) is 0.182. The number of anilines is 2. The molecule has 4 N–H and O–H groups in total. The minimum absolute atomic E-state index is 0.403. The van der Waals surface area contributed by atoms with E-state index in [-0.39, 0.29) is 0 Å². The van der Waals surface area contributed by atoms with Gasteiger partial charge < -0.3 is 10.2 Å². The van der Waals surface area contributed by atoms with Crippen LogP contribution in [-0.2, 0) is 0 Å². The lowest BCUT2D eigenvalue weighted by molar-refractivity contribution is 0.122. The van der Waals surface area contributed by atoms with E-state index in [2.05, 4.69) is 60.5 Å². The summed E-state index contributed by atoms with van der Waals surface area (Å²) in [5.41, 5.74) is 2.45. The summed E-state index contributed by atoms with van der Waals surface area (Å²) in [6.45, 7) is 4.09. The van der Waals surface area contributed by atoms with Crippen LogP contribution < -0.4 is 16.6 Å². The average Bonchev–Trinajstić information content (AvgIpc) is 2.41. The molecule has 1 unspecified atom stereocenters. The fourth-order valence-corrected chi connectivity index (χ4v) is 2.43. The summed E-state index contributed by atoms with van der Waals surface area (Å²) in [6.07, 6.45) is 1.68. The Kier molecular flexibility index (Phi) is 4.92. The molecule has 1 fully saturated rings. The van der Waals surface area contributed by atoms with E-state index in [1.54, 1.807) is 6.20 Å². The zero-order valence-corrected chi connectivity index (χ0v) is 12.8. The van der Waals surface area contributed by atoms with Crippen LogP contribution >= 0.6 is 15.9 Å². The molecule has 1 atom stereocenters. The van der Waals surface area contributed by atoms with E-state index in [0.717, 1.165) is 36.5 Å². The Bertz CT molecular complexity index is 428. The van der Waals surface area contributed by atoms with Crippen LogP contribution in [0, 0.1) is 0 Å². The minimum atomic E-state index is 0.403. The second-order valence-corrected chi connectivity index (χ2v) is 5.67. The van der Waals surface area contributed by atoms with Gasteiger partial charge in [-0.1, -0.05) is 0 Å². The van der Waals surface area contributed by atoms with Gasteiger partial charge in [0.2, 0.25) is 5.95 Å². The number of hydrogen-bond donors (Lipinski definition) is 3. The maximum Gasteiger partial charge on any atom is 0.239 e. The van der Waals surface area contributed by atoms with Crippen molar-refractivity contribution in [3.63, 3.8) is 0 Å². The van der Waals surface area contributed by atoms with E-state index in [1.807, 2.05) is 0 Å². The molecule has 1 saturated heterocycles. The Hall–Kier alpha value is -0.960. The van der Waals surface area contributed by atoms with E-state index in [1.165, 1.54) is 0 Å². The number of hydrogen-bond acceptors (Lipinski definition) is 7. The van der Waals surface area contributed by atoms with Crippen molar-refractivity contribution in [1.82, 2.24) is 19.8 Å². The fraction of sp³-hybridized carbons (Fsp3) is 0.636. The molecule has 0 amide bonds. The smallest absolute Gasteiger partial charge is 0.239 e. The summed E-state index contributed by atoms with van der Waals surface area (Å²) in [5, 5.41) is 3.35. The molecular weight excluding hydrogens is 310 g/mol. The highest BCUT2D eigenvalue weighted by Gasteiger charge is 2.22. The second kappa shape index (κ2) is 6.47. The van der Waals surface area contributed by atoms with Crippen LogP contribution in [0.3, 0.4) is 0 Å². The summed E-state index contributed by atoms with van der Waals surface area (Å²) < 4.78 is 0.832. The van der Waals surface area contributed by atoms with Crippen LogP contribution in [0.15, 0.2) is 10.7 Å². The Labute approximate surface area is 121 Å². The number of halogens is 1. The van der Waals surface area contributed by atoms with Gasteiger partial charge in [-0.3, -0.25) is 10.3 Å². The lowest BCUT2D eigenvalue weighted by atomic mass is 10.2. The molecule has 1 aromatic rings. The maximum atomic E-state index is 5.32. The third kappa shape index (κ3) is 3.75. The monoisotopic (exact) mass is 329 g/mol. The zero-order valence-electron chi connectivity index (χ0n) is 11.2. The predicted molar refractivity (Wildman–Crippen MR) is 79.9 cm³/mol. The molecule has 7 nitrogen and oxygen atoms in total. The number of piperazine rings is 1. The molecule has 0 aliphatic carbocycles. The fourth-order valence-electron chi connectivity index (χ4n) is 2.10. The first-order valence-corrected chi connectivity index (χ1v) is 7.01. The van der Waals surface area contributed by atoms with Crippen molar-refractivity contribution in [2.24, 2.45) is 5.84 Å². The van der Waals surface area contributed by atoms with E-state index in [4.69, 9.17) is 5.84 Å². The third-order valence-corrected chi connectivity index (χ3v) is 3.94.